The Bertz CT molecular complexity index is 418. The SMILES string of the molecule is Cc1ccc2ccccc2c1S. The van der Waals surface area contributed by atoms with Crippen molar-refractivity contribution in [2.24, 2.45) is 0 Å². The largest absolute Gasteiger partial charge is 0.143 e. The first kappa shape index (κ1) is 7.69. The van der Waals surface area contributed by atoms with Crippen LogP contribution in [-0.4, -0.2) is 0 Å². The van der Waals surface area contributed by atoms with Crippen molar-refractivity contribution in [1.82, 2.24) is 0 Å². The van der Waals surface area contributed by atoms with Gasteiger partial charge >= 0.3 is 0 Å². The number of benzene rings is 2. The van der Waals surface area contributed by atoms with E-state index in [1.807, 2.05) is 12.1 Å². The minimum absolute atomic E-state index is 1.09. The van der Waals surface area contributed by atoms with Crippen molar-refractivity contribution in [2.45, 2.75) is 11.8 Å². The van der Waals surface area contributed by atoms with Gasteiger partial charge < -0.3 is 0 Å². The molecule has 0 aromatic heterocycles. The van der Waals surface area contributed by atoms with Gasteiger partial charge in [-0.15, -0.1) is 12.6 Å². The maximum absolute atomic E-state index is 4.46. The van der Waals surface area contributed by atoms with Crippen LogP contribution in [0.1, 0.15) is 5.56 Å². The van der Waals surface area contributed by atoms with Crippen LogP contribution in [0, 0.1) is 6.92 Å². The van der Waals surface area contributed by atoms with Gasteiger partial charge in [-0.1, -0.05) is 36.4 Å². The molecule has 0 amide bonds. The van der Waals surface area contributed by atoms with Gasteiger partial charge in [0.2, 0.25) is 0 Å². The Hall–Kier alpha value is -0.950. The molecule has 0 aliphatic carbocycles. The topological polar surface area (TPSA) is 0 Å². The van der Waals surface area contributed by atoms with Crippen LogP contribution in [0.4, 0.5) is 0 Å². The van der Waals surface area contributed by atoms with E-state index in [1.54, 1.807) is 0 Å². The Balaban J connectivity index is 2.91. The first-order valence-electron chi connectivity index (χ1n) is 3.96. The summed E-state index contributed by atoms with van der Waals surface area (Å²) in [5.41, 5.74) is 1.23. The zero-order valence-electron chi connectivity index (χ0n) is 6.91. The second-order valence-corrected chi connectivity index (χ2v) is 3.40. The highest BCUT2D eigenvalue weighted by Gasteiger charge is 1.98. The lowest BCUT2D eigenvalue weighted by Crippen LogP contribution is -1.78. The molecule has 60 valence electrons. The van der Waals surface area contributed by atoms with Crippen LogP contribution in [0.25, 0.3) is 10.8 Å². The van der Waals surface area contributed by atoms with Crippen molar-refractivity contribution < 1.29 is 0 Å². The standard InChI is InChI=1S/C11H10S/c1-8-6-7-9-4-2-3-5-10(9)11(8)12/h2-7,12H,1H3. The van der Waals surface area contributed by atoms with Gasteiger partial charge in [-0.3, -0.25) is 0 Å². The van der Waals surface area contributed by atoms with Gasteiger partial charge in [-0.2, -0.15) is 0 Å². The van der Waals surface area contributed by atoms with Gasteiger partial charge in [0.15, 0.2) is 0 Å². The third-order valence-corrected chi connectivity index (χ3v) is 2.70. The Morgan fingerprint density at radius 2 is 1.75 bits per heavy atom. The lowest BCUT2D eigenvalue weighted by atomic mass is 10.1. The highest BCUT2D eigenvalue weighted by molar-refractivity contribution is 7.80. The van der Waals surface area contributed by atoms with E-state index in [2.05, 4.69) is 43.8 Å². The average molecular weight is 174 g/mol. The van der Waals surface area contributed by atoms with E-state index in [4.69, 9.17) is 0 Å². The van der Waals surface area contributed by atoms with E-state index in [9.17, 15) is 0 Å². The predicted molar refractivity (Wildman–Crippen MR) is 55.9 cm³/mol. The number of thiol groups is 1. The number of hydrogen-bond donors (Lipinski definition) is 1. The Morgan fingerprint density at radius 3 is 2.58 bits per heavy atom. The summed E-state index contributed by atoms with van der Waals surface area (Å²) in [4.78, 5) is 1.09. The lowest BCUT2D eigenvalue weighted by molar-refractivity contribution is 1.36. The Labute approximate surface area is 77.6 Å². The Kier molecular flexibility index (Phi) is 1.81. The highest BCUT2D eigenvalue weighted by atomic mass is 32.1. The summed E-state index contributed by atoms with van der Waals surface area (Å²) < 4.78 is 0. The number of rotatable bonds is 0. The van der Waals surface area contributed by atoms with Crippen molar-refractivity contribution in [1.29, 1.82) is 0 Å². The second kappa shape index (κ2) is 2.83. The molecule has 0 spiro atoms. The van der Waals surface area contributed by atoms with Gasteiger partial charge in [-0.05, 0) is 23.3 Å². The number of aryl methyl sites for hydroxylation is 1. The van der Waals surface area contributed by atoms with Crippen molar-refractivity contribution in [2.75, 3.05) is 0 Å². The third kappa shape index (κ3) is 1.10. The molecule has 2 aromatic rings. The fraction of sp³-hybridized carbons (Fsp3) is 0.0909. The summed E-state index contributed by atoms with van der Waals surface area (Å²) in [6, 6.07) is 12.5. The first-order valence-corrected chi connectivity index (χ1v) is 4.41. The van der Waals surface area contributed by atoms with Crippen LogP contribution in [0.5, 0.6) is 0 Å². The summed E-state index contributed by atoms with van der Waals surface area (Å²) >= 11 is 4.46. The third-order valence-electron chi connectivity index (χ3n) is 2.10. The summed E-state index contributed by atoms with van der Waals surface area (Å²) in [5.74, 6) is 0. The highest BCUT2D eigenvalue weighted by Crippen LogP contribution is 2.24. The van der Waals surface area contributed by atoms with E-state index < -0.39 is 0 Å². The Morgan fingerprint density at radius 1 is 1.00 bits per heavy atom. The van der Waals surface area contributed by atoms with Crippen molar-refractivity contribution in [3.8, 4) is 0 Å². The van der Waals surface area contributed by atoms with Crippen LogP contribution in [-0.2, 0) is 0 Å². The molecule has 2 rings (SSSR count). The molecule has 12 heavy (non-hydrogen) atoms. The molecule has 0 N–H and O–H groups in total. The lowest BCUT2D eigenvalue weighted by Gasteiger charge is -2.03. The van der Waals surface area contributed by atoms with Gasteiger partial charge in [0, 0.05) is 4.90 Å². The van der Waals surface area contributed by atoms with Crippen LogP contribution in [0.3, 0.4) is 0 Å². The molecule has 0 unspecified atom stereocenters. The quantitative estimate of drug-likeness (QED) is 0.581. The molecule has 0 atom stereocenters. The summed E-state index contributed by atoms with van der Waals surface area (Å²) in [6.07, 6.45) is 0. The maximum Gasteiger partial charge on any atom is 0.0148 e. The summed E-state index contributed by atoms with van der Waals surface area (Å²) in [7, 11) is 0. The molecule has 0 heterocycles. The van der Waals surface area contributed by atoms with Crippen molar-refractivity contribution in [3.05, 3.63) is 42.0 Å². The van der Waals surface area contributed by atoms with Gasteiger partial charge in [0.1, 0.15) is 0 Å². The van der Waals surface area contributed by atoms with E-state index in [1.165, 1.54) is 16.3 Å². The molecule has 0 aliphatic heterocycles. The minimum atomic E-state index is 1.09. The molecule has 0 nitrogen and oxygen atoms in total. The van der Waals surface area contributed by atoms with Gasteiger partial charge in [0.25, 0.3) is 0 Å². The second-order valence-electron chi connectivity index (χ2n) is 2.95. The molecule has 1 heteroatoms. The molecular weight excluding hydrogens is 164 g/mol. The molecule has 2 aromatic carbocycles. The van der Waals surface area contributed by atoms with Crippen molar-refractivity contribution in [3.63, 3.8) is 0 Å². The van der Waals surface area contributed by atoms with E-state index in [-0.39, 0.29) is 0 Å². The minimum Gasteiger partial charge on any atom is -0.143 e. The number of fused-ring (bicyclic) bond motifs is 1. The van der Waals surface area contributed by atoms with Crippen LogP contribution < -0.4 is 0 Å². The molecule has 0 saturated heterocycles. The van der Waals surface area contributed by atoms with E-state index in [0.29, 0.717) is 0 Å². The average Bonchev–Trinajstić information content (AvgIpc) is 2.12. The normalized spacial score (nSPS) is 10.5. The van der Waals surface area contributed by atoms with E-state index in [0.717, 1.165) is 4.90 Å². The number of hydrogen-bond acceptors (Lipinski definition) is 1. The van der Waals surface area contributed by atoms with Crippen LogP contribution in [0.2, 0.25) is 0 Å². The maximum atomic E-state index is 4.46. The summed E-state index contributed by atoms with van der Waals surface area (Å²) in [6.45, 7) is 2.08. The zero-order valence-corrected chi connectivity index (χ0v) is 7.81. The molecule has 0 saturated carbocycles. The zero-order chi connectivity index (χ0) is 8.55. The predicted octanol–water partition coefficient (Wildman–Crippen LogP) is 3.44. The smallest absolute Gasteiger partial charge is 0.0148 e. The molecule has 0 fully saturated rings. The van der Waals surface area contributed by atoms with Gasteiger partial charge in [0.05, 0.1) is 0 Å². The molecule has 0 bridgehead atoms. The molecule has 0 aliphatic rings. The monoisotopic (exact) mass is 174 g/mol. The molecular formula is C11H10S. The fourth-order valence-electron chi connectivity index (χ4n) is 1.36. The fourth-order valence-corrected chi connectivity index (χ4v) is 1.64. The van der Waals surface area contributed by atoms with Crippen molar-refractivity contribution >= 4 is 23.4 Å². The first-order chi connectivity index (χ1) is 5.79. The van der Waals surface area contributed by atoms with Crippen LogP contribution in [0.15, 0.2) is 41.3 Å². The summed E-state index contributed by atoms with van der Waals surface area (Å²) in [5, 5.41) is 2.49. The van der Waals surface area contributed by atoms with Crippen LogP contribution >= 0.6 is 12.6 Å². The van der Waals surface area contributed by atoms with Gasteiger partial charge in [-0.25, -0.2) is 0 Å². The van der Waals surface area contributed by atoms with E-state index >= 15 is 0 Å². The molecule has 0 radical (unpaired) electrons.